The summed E-state index contributed by atoms with van der Waals surface area (Å²) in [6.45, 7) is 1.50. The first-order chi connectivity index (χ1) is 7.81. The number of hydrogen-bond donors (Lipinski definition) is 1. The van der Waals surface area contributed by atoms with Crippen molar-refractivity contribution in [3.8, 4) is 0 Å². The smallest absolute Gasteiger partial charge is 0.123 e. The lowest BCUT2D eigenvalue weighted by atomic mass is 10.0. The van der Waals surface area contributed by atoms with E-state index in [0.29, 0.717) is 6.61 Å². The van der Waals surface area contributed by atoms with Gasteiger partial charge < -0.3 is 10.1 Å². The highest BCUT2D eigenvalue weighted by atomic mass is 32.2. The minimum absolute atomic E-state index is 0.153. The molecule has 1 aliphatic rings. The lowest BCUT2D eigenvalue weighted by Gasteiger charge is -2.26. The zero-order valence-corrected chi connectivity index (χ0v) is 10.1. The third-order valence-corrected chi connectivity index (χ3v) is 3.83. The summed E-state index contributed by atoms with van der Waals surface area (Å²) in [7, 11) is 1.69. The Labute approximate surface area is 99.6 Å². The van der Waals surface area contributed by atoms with E-state index in [1.807, 2.05) is 6.07 Å². The summed E-state index contributed by atoms with van der Waals surface area (Å²) < 4.78 is 18.2. The number of thioether (sulfide) groups is 1. The molecule has 88 valence electrons. The monoisotopic (exact) mass is 241 g/mol. The van der Waals surface area contributed by atoms with Gasteiger partial charge in [0, 0.05) is 24.6 Å². The van der Waals surface area contributed by atoms with Gasteiger partial charge in [0.1, 0.15) is 5.82 Å². The Morgan fingerprint density at radius 2 is 2.44 bits per heavy atom. The van der Waals surface area contributed by atoms with Crippen molar-refractivity contribution >= 4 is 11.8 Å². The van der Waals surface area contributed by atoms with Gasteiger partial charge in [-0.25, -0.2) is 4.39 Å². The molecule has 2 nitrogen and oxygen atoms in total. The van der Waals surface area contributed by atoms with Crippen molar-refractivity contribution in [3.63, 3.8) is 0 Å². The fourth-order valence-corrected chi connectivity index (χ4v) is 3.02. The van der Waals surface area contributed by atoms with Gasteiger partial charge >= 0.3 is 0 Å². The standard InChI is InChI=1S/C12H16FNOS/c1-15-6-5-14-11-4-7-16-12-3-2-9(13)8-10(11)12/h2-3,8,11,14H,4-7H2,1H3. The minimum Gasteiger partial charge on any atom is -0.383 e. The van der Waals surface area contributed by atoms with Gasteiger partial charge in [-0.2, -0.15) is 0 Å². The molecule has 4 heteroatoms. The molecule has 0 saturated carbocycles. The SMILES string of the molecule is COCCNC1CCSc2ccc(F)cc21. The van der Waals surface area contributed by atoms with Crippen molar-refractivity contribution in [2.75, 3.05) is 26.0 Å². The molecule has 1 heterocycles. The number of hydrogen-bond acceptors (Lipinski definition) is 3. The Kier molecular flexibility index (Phi) is 4.21. The van der Waals surface area contributed by atoms with E-state index in [2.05, 4.69) is 5.32 Å². The number of benzene rings is 1. The summed E-state index contributed by atoms with van der Waals surface area (Å²) in [6, 6.07) is 5.32. The van der Waals surface area contributed by atoms with Gasteiger partial charge in [-0.15, -0.1) is 11.8 Å². The summed E-state index contributed by atoms with van der Waals surface area (Å²) in [4.78, 5) is 1.20. The molecule has 1 N–H and O–H groups in total. The number of rotatable bonds is 4. The Balaban J connectivity index is 2.09. The van der Waals surface area contributed by atoms with E-state index in [9.17, 15) is 4.39 Å². The summed E-state index contributed by atoms with van der Waals surface area (Å²) in [5.41, 5.74) is 1.09. The molecule has 1 aromatic rings. The number of fused-ring (bicyclic) bond motifs is 1. The number of ether oxygens (including phenoxy) is 1. The van der Waals surface area contributed by atoms with E-state index in [0.717, 1.165) is 24.3 Å². The van der Waals surface area contributed by atoms with Crippen LogP contribution in [0.4, 0.5) is 4.39 Å². The van der Waals surface area contributed by atoms with Crippen LogP contribution < -0.4 is 5.32 Å². The van der Waals surface area contributed by atoms with E-state index < -0.39 is 0 Å². The maximum absolute atomic E-state index is 13.2. The quantitative estimate of drug-likeness (QED) is 0.819. The van der Waals surface area contributed by atoms with Crippen LogP contribution in [0.3, 0.4) is 0 Å². The van der Waals surface area contributed by atoms with Gasteiger partial charge in [0.05, 0.1) is 6.61 Å². The first kappa shape index (κ1) is 11.9. The third kappa shape index (κ3) is 2.75. The summed E-state index contributed by atoms with van der Waals surface area (Å²) in [5.74, 6) is 0.934. The molecule has 1 aromatic carbocycles. The average molecular weight is 241 g/mol. The zero-order valence-electron chi connectivity index (χ0n) is 9.33. The average Bonchev–Trinajstić information content (AvgIpc) is 2.30. The molecule has 0 amide bonds. The first-order valence-corrected chi connectivity index (χ1v) is 6.44. The van der Waals surface area contributed by atoms with Crippen molar-refractivity contribution in [2.24, 2.45) is 0 Å². The van der Waals surface area contributed by atoms with E-state index in [-0.39, 0.29) is 11.9 Å². The maximum Gasteiger partial charge on any atom is 0.123 e. The Morgan fingerprint density at radius 1 is 1.56 bits per heavy atom. The van der Waals surface area contributed by atoms with E-state index in [1.165, 1.54) is 11.0 Å². The van der Waals surface area contributed by atoms with Crippen LogP contribution in [-0.4, -0.2) is 26.0 Å². The van der Waals surface area contributed by atoms with Crippen molar-refractivity contribution in [1.29, 1.82) is 0 Å². The summed E-state index contributed by atoms with van der Waals surface area (Å²) in [6.07, 6.45) is 1.05. The molecule has 2 rings (SSSR count). The lowest BCUT2D eigenvalue weighted by molar-refractivity contribution is 0.195. The van der Waals surface area contributed by atoms with Crippen LogP contribution in [0, 0.1) is 5.82 Å². The lowest BCUT2D eigenvalue weighted by Crippen LogP contribution is -2.27. The van der Waals surface area contributed by atoms with E-state index in [1.54, 1.807) is 24.9 Å². The van der Waals surface area contributed by atoms with Gasteiger partial charge in [0.2, 0.25) is 0 Å². The highest BCUT2D eigenvalue weighted by molar-refractivity contribution is 7.99. The van der Waals surface area contributed by atoms with E-state index >= 15 is 0 Å². The normalized spacial score (nSPS) is 19.5. The molecule has 0 bridgehead atoms. The summed E-state index contributed by atoms with van der Waals surface area (Å²) in [5, 5.41) is 3.40. The van der Waals surface area contributed by atoms with Crippen molar-refractivity contribution in [2.45, 2.75) is 17.4 Å². The first-order valence-electron chi connectivity index (χ1n) is 5.46. The highest BCUT2D eigenvalue weighted by Crippen LogP contribution is 2.36. The predicted octanol–water partition coefficient (Wildman–Crippen LogP) is 2.60. The van der Waals surface area contributed by atoms with Crippen molar-refractivity contribution in [1.82, 2.24) is 5.32 Å². The molecule has 0 aromatic heterocycles. The minimum atomic E-state index is -0.153. The second kappa shape index (κ2) is 5.66. The Hall–Kier alpha value is -0.580. The van der Waals surface area contributed by atoms with Gasteiger partial charge in [0.15, 0.2) is 0 Å². The Bertz CT molecular complexity index is 359. The fraction of sp³-hybridized carbons (Fsp3) is 0.500. The molecule has 1 unspecified atom stereocenters. The molecule has 0 spiro atoms. The van der Waals surface area contributed by atoms with Crippen LogP contribution in [0.5, 0.6) is 0 Å². The van der Waals surface area contributed by atoms with Gasteiger partial charge in [-0.1, -0.05) is 0 Å². The number of halogens is 1. The van der Waals surface area contributed by atoms with Crippen molar-refractivity contribution in [3.05, 3.63) is 29.6 Å². The van der Waals surface area contributed by atoms with Crippen LogP contribution in [0.2, 0.25) is 0 Å². The molecule has 0 aliphatic carbocycles. The third-order valence-electron chi connectivity index (χ3n) is 2.71. The molecule has 0 fully saturated rings. The molecule has 0 radical (unpaired) electrons. The zero-order chi connectivity index (χ0) is 11.4. The van der Waals surface area contributed by atoms with E-state index in [4.69, 9.17) is 4.74 Å². The van der Waals surface area contributed by atoms with Crippen LogP contribution in [0.1, 0.15) is 18.0 Å². The van der Waals surface area contributed by atoms with Gasteiger partial charge in [-0.05, 0) is 35.9 Å². The fourth-order valence-electron chi connectivity index (χ4n) is 1.91. The maximum atomic E-state index is 13.2. The van der Waals surface area contributed by atoms with Crippen LogP contribution in [0.15, 0.2) is 23.1 Å². The van der Waals surface area contributed by atoms with Crippen molar-refractivity contribution < 1.29 is 9.13 Å². The number of nitrogens with one attached hydrogen (secondary N) is 1. The Morgan fingerprint density at radius 3 is 3.25 bits per heavy atom. The van der Waals surface area contributed by atoms with Gasteiger partial charge in [0.25, 0.3) is 0 Å². The summed E-state index contributed by atoms with van der Waals surface area (Å²) >= 11 is 1.80. The molecular weight excluding hydrogens is 225 g/mol. The number of methoxy groups -OCH3 is 1. The van der Waals surface area contributed by atoms with Crippen LogP contribution in [0.25, 0.3) is 0 Å². The second-order valence-electron chi connectivity index (χ2n) is 3.82. The second-order valence-corrected chi connectivity index (χ2v) is 4.96. The predicted molar refractivity (Wildman–Crippen MR) is 64.4 cm³/mol. The molecular formula is C12H16FNOS. The highest BCUT2D eigenvalue weighted by Gasteiger charge is 2.20. The molecule has 1 atom stereocenters. The van der Waals surface area contributed by atoms with Crippen LogP contribution in [-0.2, 0) is 4.74 Å². The van der Waals surface area contributed by atoms with Crippen LogP contribution >= 0.6 is 11.8 Å². The van der Waals surface area contributed by atoms with Gasteiger partial charge in [-0.3, -0.25) is 0 Å². The molecule has 1 aliphatic heterocycles. The largest absolute Gasteiger partial charge is 0.383 e. The molecule has 16 heavy (non-hydrogen) atoms. The molecule has 0 saturated heterocycles. The topological polar surface area (TPSA) is 21.3 Å².